The molecular formula is C9H9ClFNOS. The lowest BCUT2D eigenvalue weighted by Crippen LogP contribution is -2.28. The van der Waals surface area contributed by atoms with E-state index in [0.717, 1.165) is 0 Å². The molecule has 1 atom stereocenters. The van der Waals surface area contributed by atoms with Crippen LogP contribution in [0.25, 0.3) is 0 Å². The molecule has 1 aromatic carbocycles. The third-order valence-electron chi connectivity index (χ3n) is 1.60. The first-order chi connectivity index (χ1) is 6.50. The van der Waals surface area contributed by atoms with Crippen LogP contribution in [0.1, 0.15) is 6.92 Å². The molecule has 0 radical (unpaired) electrons. The van der Waals surface area contributed by atoms with Crippen LogP contribution in [-0.4, -0.2) is 11.1 Å². The highest BCUT2D eigenvalue weighted by molar-refractivity contribution is 7.80. The second-order valence-corrected chi connectivity index (χ2v) is 3.62. The lowest BCUT2D eigenvalue weighted by molar-refractivity contribution is 0.288. The SMILES string of the molecule is CC(Oc1ccc(F)c(Cl)c1)C(N)=S. The summed E-state index contributed by atoms with van der Waals surface area (Å²) in [6.45, 7) is 1.71. The van der Waals surface area contributed by atoms with Gasteiger partial charge < -0.3 is 10.5 Å². The summed E-state index contributed by atoms with van der Waals surface area (Å²) in [6, 6.07) is 4.08. The van der Waals surface area contributed by atoms with E-state index < -0.39 is 11.9 Å². The van der Waals surface area contributed by atoms with Gasteiger partial charge >= 0.3 is 0 Å². The average Bonchev–Trinajstić information content (AvgIpc) is 2.11. The summed E-state index contributed by atoms with van der Waals surface area (Å²) < 4.78 is 18.1. The van der Waals surface area contributed by atoms with Gasteiger partial charge in [0.15, 0.2) is 0 Å². The molecular weight excluding hydrogens is 225 g/mol. The summed E-state index contributed by atoms with van der Waals surface area (Å²) in [6.07, 6.45) is -0.397. The van der Waals surface area contributed by atoms with Gasteiger partial charge in [0.1, 0.15) is 22.7 Å². The Kier molecular flexibility index (Phi) is 3.66. The largest absolute Gasteiger partial charge is 0.484 e. The quantitative estimate of drug-likeness (QED) is 0.815. The van der Waals surface area contributed by atoms with Crippen LogP contribution < -0.4 is 10.5 Å². The summed E-state index contributed by atoms with van der Waals surface area (Å²) in [5, 5.41) is 0.0117. The number of rotatable bonds is 3. The minimum absolute atomic E-state index is 0.0117. The van der Waals surface area contributed by atoms with Crippen molar-refractivity contribution in [3.63, 3.8) is 0 Å². The van der Waals surface area contributed by atoms with Crippen LogP contribution >= 0.6 is 23.8 Å². The molecule has 0 aromatic heterocycles. The first-order valence-electron chi connectivity index (χ1n) is 3.91. The van der Waals surface area contributed by atoms with Crippen molar-refractivity contribution in [2.45, 2.75) is 13.0 Å². The normalized spacial score (nSPS) is 12.2. The monoisotopic (exact) mass is 233 g/mol. The highest BCUT2D eigenvalue weighted by Crippen LogP contribution is 2.21. The lowest BCUT2D eigenvalue weighted by atomic mass is 10.3. The zero-order valence-corrected chi connectivity index (χ0v) is 9.03. The molecule has 0 spiro atoms. The number of benzene rings is 1. The van der Waals surface area contributed by atoms with E-state index in [1.165, 1.54) is 18.2 Å². The Labute approximate surface area is 91.8 Å². The minimum Gasteiger partial charge on any atom is -0.484 e. The molecule has 0 bridgehead atoms. The first kappa shape index (κ1) is 11.2. The number of hydrogen-bond acceptors (Lipinski definition) is 2. The van der Waals surface area contributed by atoms with Gasteiger partial charge in [-0.1, -0.05) is 23.8 Å². The summed E-state index contributed by atoms with van der Waals surface area (Å²) in [5.74, 6) is -0.0429. The van der Waals surface area contributed by atoms with Crippen molar-refractivity contribution < 1.29 is 9.13 Å². The van der Waals surface area contributed by atoms with E-state index in [1.54, 1.807) is 6.92 Å². The van der Waals surface area contributed by atoms with Gasteiger partial charge in [-0.3, -0.25) is 0 Å². The maximum Gasteiger partial charge on any atom is 0.145 e. The van der Waals surface area contributed by atoms with Gasteiger partial charge in [0, 0.05) is 6.07 Å². The van der Waals surface area contributed by atoms with Gasteiger partial charge in [0.25, 0.3) is 0 Å². The molecule has 76 valence electrons. The Morgan fingerprint density at radius 1 is 1.64 bits per heavy atom. The molecule has 0 aliphatic rings. The van der Waals surface area contributed by atoms with E-state index in [9.17, 15) is 4.39 Å². The van der Waals surface area contributed by atoms with Crippen molar-refractivity contribution >= 4 is 28.8 Å². The maximum absolute atomic E-state index is 12.8. The van der Waals surface area contributed by atoms with Crippen LogP contribution in [0.3, 0.4) is 0 Å². The number of hydrogen-bond donors (Lipinski definition) is 1. The van der Waals surface area contributed by atoms with Gasteiger partial charge in [-0.05, 0) is 19.1 Å². The summed E-state index contributed by atoms with van der Waals surface area (Å²) in [4.78, 5) is 0.241. The van der Waals surface area contributed by atoms with Gasteiger partial charge in [-0.2, -0.15) is 0 Å². The Balaban J connectivity index is 2.78. The molecule has 0 saturated heterocycles. The Hall–Kier alpha value is -0.870. The molecule has 14 heavy (non-hydrogen) atoms. The third kappa shape index (κ3) is 2.82. The fourth-order valence-corrected chi connectivity index (χ4v) is 1.03. The third-order valence-corrected chi connectivity index (χ3v) is 2.23. The van der Waals surface area contributed by atoms with Gasteiger partial charge in [-0.15, -0.1) is 0 Å². The number of thiocarbonyl (C=S) groups is 1. The van der Waals surface area contributed by atoms with Crippen LogP contribution in [-0.2, 0) is 0 Å². The predicted octanol–water partition coefficient (Wildman–Crippen LogP) is 2.53. The number of ether oxygens (including phenoxy) is 1. The molecule has 2 N–H and O–H groups in total. The Morgan fingerprint density at radius 2 is 2.29 bits per heavy atom. The van der Waals surface area contributed by atoms with E-state index >= 15 is 0 Å². The summed E-state index contributed by atoms with van der Waals surface area (Å²) >= 11 is 10.3. The van der Waals surface area contributed by atoms with Crippen molar-refractivity contribution in [2.24, 2.45) is 5.73 Å². The van der Waals surface area contributed by atoms with Crippen molar-refractivity contribution in [3.05, 3.63) is 29.0 Å². The molecule has 1 unspecified atom stereocenters. The Bertz CT molecular complexity index is 359. The highest BCUT2D eigenvalue weighted by atomic mass is 35.5. The second kappa shape index (κ2) is 4.57. The molecule has 0 heterocycles. The molecule has 5 heteroatoms. The fourth-order valence-electron chi connectivity index (χ4n) is 0.812. The average molecular weight is 234 g/mol. The van der Waals surface area contributed by atoms with E-state index in [4.69, 9.17) is 34.3 Å². The molecule has 0 aliphatic heterocycles. The minimum atomic E-state index is -0.484. The van der Waals surface area contributed by atoms with Crippen LogP contribution in [0.5, 0.6) is 5.75 Å². The van der Waals surface area contributed by atoms with Crippen LogP contribution in [0, 0.1) is 5.82 Å². The molecule has 0 aliphatic carbocycles. The van der Waals surface area contributed by atoms with E-state index in [-0.39, 0.29) is 10.0 Å². The van der Waals surface area contributed by atoms with E-state index in [2.05, 4.69) is 0 Å². The topological polar surface area (TPSA) is 35.2 Å². The molecule has 1 rings (SSSR count). The zero-order chi connectivity index (χ0) is 10.7. The number of halogens is 2. The van der Waals surface area contributed by atoms with Crippen LogP contribution in [0.4, 0.5) is 4.39 Å². The van der Waals surface area contributed by atoms with Crippen molar-refractivity contribution in [2.75, 3.05) is 0 Å². The van der Waals surface area contributed by atoms with Crippen LogP contribution in [0.15, 0.2) is 18.2 Å². The van der Waals surface area contributed by atoms with Gasteiger partial charge in [-0.25, -0.2) is 4.39 Å². The zero-order valence-electron chi connectivity index (χ0n) is 7.46. The summed E-state index contributed by atoms with van der Waals surface area (Å²) in [7, 11) is 0. The highest BCUT2D eigenvalue weighted by Gasteiger charge is 2.08. The van der Waals surface area contributed by atoms with Crippen molar-refractivity contribution in [1.29, 1.82) is 0 Å². The standard InChI is InChI=1S/C9H9ClFNOS/c1-5(9(12)14)13-6-2-3-8(11)7(10)4-6/h2-5H,1H3,(H2,12,14). The Morgan fingerprint density at radius 3 is 2.79 bits per heavy atom. The van der Waals surface area contributed by atoms with E-state index in [0.29, 0.717) is 5.75 Å². The smallest absolute Gasteiger partial charge is 0.145 e. The summed E-state index contributed by atoms with van der Waals surface area (Å²) in [5.41, 5.74) is 5.35. The van der Waals surface area contributed by atoms with Gasteiger partial charge in [0.2, 0.25) is 0 Å². The lowest BCUT2D eigenvalue weighted by Gasteiger charge is -2.12. The van der Waals surface area contributed by atoms with Gasteiger partial charge in [0.05, 0.1) is 5.02 Å². The molecule has 0 saturated carbocycles. The second-order valence-electron chi connectivity index (χ2n) is 2.74. The van der Waals surface area contributed by atoms with Crippen molar-refractivity contribution in [3.8, 4) is 5.75 Å². The van der Waals surface area contributed by atoms with E-state index in [1.807, 2.05) is 0 Å². The molecule has 1 aromatic rings. The number of nitrogens with two attached hydrogens (primary N) is 1. The molecule has 0 fully saturated rings. The fraction of sp³-hybridized carbons (Fsp3) is 0.222. The first-order valence-corrected chi connectivity index (χ1v) is 4.70. The van der Waals surface area contributed by atoms with Crippen molar-refractivity contribution in [1.82, 2.24) is 0 Å². The molecule has 2 nitrogen and oxygen atoms in total. The predicted molar refractivity (Wildman–Crippen MR) is 58.3 cm³/mol. The van der Waals surface area contributed by atoms with Crippen LogP contribution in [0.2, 0.25) is 5.02 Å². The molecule has 0 amide bonds. The maximum atomic E-state index is 12.8.